The van der Waals surface area contributed by atoms with Gasteiger partial charge in [-0.2, -0.15) is 0 Å². The molecule has 1 atom stereocenters. The van der Waals surface area contributed by atoms with Gasteiger partial charge in [0.2, 0.25) is 5.91 Å². The molecule has 1 heterocycles. The van der Waals surface area contributed by atoms with Crippen LogP contribution in [0.15, 0.2) is 24.3 Å². The van der Waals surface area contributed by atoms with E-state index in [2.05, 4.69) is 63.8 Å². The van der Waals surface area contributed by atoms with Crippen molar-refractivity contribution in [3.63, 3.8) is 0 Å². The number of amides is 1. The Kier molecular flexibility index (Phi) is 6.08. The van der Waals surface area contributed by atoms with Crippen LogP contribution in [-0.2, 0) is 11.2 Å². The van der Waals surface area contributed by atoms with Crippen molar-refractivity contribution in [2.45, 2.75) is 59.4 Å². The van der Waals surface area contributed by atoms with E-state index in [9.17, 15) is 4.79 Å². The zero-order valence-corrected chi connectivity index (χ0v) is 16.3. The van der Waals surface area contributed by atoms with Crippen LogP contribution < -0.4 is 0 Å². The predicted molar refractivity (Wildman–Crippen MR) is 101 cm³/mol. The first-order valence-corrected chi connectivity index (χ1v) is 9.31. The molecule has 0 radical (unpaired) electrons. The van der Waals surface area contributed by atoms with Crippen molar-refractivity contribution in [1.82, 2.24) is 9.80 Å². The van der Waals surface area contributed by atoms with E-state index in [1.165, 1.54) is 5.56 Å². The zero-order chi connectivity index (χ0) is 17.9. The minimum atomic E-state index is -0.0562. The summed E-state index contributed by atoms with van der Waals surface area (Å²) in [5.74, 6) is 0.869. The first-order chi connectivity index (χ1) is 11.2. The summed E-state index contributed by atoms with van der Waals surface area (Å²) in [6.45, 7) is 16.8. The van der Waals surface area contributed by atoms with Gasteiger partial charge >= 0.3 is 0 Å². The summed E-state index contributed by atoms with van der Waals surface area (Å²) in [5.41, 5.74) is 2.67. The average molecular weight is 331 g/mol. The molecule has 1 aromatic rings. The largest absolute Gasteiger partial charge is 0.340 e. The predicted octanol–water partition coefficient (Wildman–Crippen LogP) is 3.93. The maximum atomic E-state index is 12.8. The van der Waals surface area contributed by atoms with Crippen molar-refractivity contribution >= 4 is 5.91 Å². The van der Waals surface area contributed by atoms with Crippen LogP contribution in [0.1, 0.15) is 58.6 Å². The summed E-state index contributed by atoms with van der Waals surface area (Å²) in [5, 5.41) is 0. The number of benzene rings is 1. The second-order valence-corrected chi connectivity index (χ2v) is 8.54. The second kappa shape index (κ2) is 7.69. The van der Waals surface area contributed by atoms with Crippen LogP contribution in [0.4, 0.5) is 0 Å². The summed E-state index contributed by atoms with van der Waals surface area (Å²) in [6, 6.07) is 8.62. The molecule has 3 heteroatoms. The number of carbonyl (C=O) groups excluding carboxylic acids is 1. The number of rotatable bonds is 4. The molecular formula is C21H34N2O. The van der Waals surface area contributed by atoms with E-state index >= 15 is 0 Å². The minimum absolute atomic E-state index is 0.0562. The molecule has 1 saturated heterocycles. The highest BCUT2D eigenvalue weighted by Gasteiger charge is 2.29. The maximum Gasteiger partial charge on any atom is 0.229 e. The van der Waals surface area contributed by atoms with Gasteiger partial charge in [0, 0.05) is 31.7 Å². The maximum absolute atomic E-state index is 12.8. The Morgan fingerprint density at radius 1 is 1.00 bits per heavy atom. The van der Waals surface area contributed by atoms with Gasteiger partial charge in [0.05, 0.1) is 5.92 Å². The molecule has 1 fully saturated rings. The molecule has 0 N–H and O–H groups in total. The number of hydrogen-bond acceptors (Lipinski definition) is 2. The monoisotopic (exact) mass is 330 g/mol. The molecule has 1 aliphatic rings. The zero-order valence-electron chi connectivity index (χ0n) is 16.3. The van der Waals surface area contributed by atoms with Crippen LogP contribution in [0.3, 0.4) is 0 Å². The Bertz CT molecular complexity index is 534. The third-order valence-corrected chi connectivity index (χ3v) is 5.03. The lowest BCUT2D eigenvalue weighted by atomic mass is 9.95. The van der Waals surface area contributed by atoms with Gasteiger partial charge in [-0.15, -0.1) is 0 Å². The average Bonchev–Trinajstić information content (AvgIpc) is 2.53. The lowest BCUT2D eigenvalue weighted by Crippen LogP contribution is -2.55. The molecular weight excluding hydrogens is 296 g/mol. The van der Waals surface area contributed by atoms with E-state index in [1.54, 1.807) is 0 Å². The Hall–Kier alpha value is -1.35. The highest BCUT2D eigenvalue weighted by atomic mass is 16.2. The van der Waals surface area contributed by atoms with E-state index in [4.69, 9.17) is 0 Å². The topological polar surface area (TPSA) is 23.6 Å². The summed E-state index contributed by atoms with van der Waals surface area (Å²) in [6.07, 6.45) is 1.09. The second-order valence-electron chi connectivity index (χ2n) is 8.54. The van der Waals surface area contributed by atoms with Gasteiger partial charge in [-0.3, -0.25) is 9.69 Å². The molecule has 1 aromatic carbocycles. The van der Waals surface area contributed by atoms with Gasteiger partial charge in [0.1, 0.15) is 0 Å². The third-order valence-electron chi connectivity index (χ3n) is 5.03. The van der Waals surface area contributed by atoms with E-state index in [-0.39, 0.29) is 17.4 Å². The van der Waals surface area contributed by atoms with Gasteiger partial charge < -0.3 is 4.90 Å². The fraction of sp³-hybridized carbons (Fsp3) is 0.667. The lowest BCUT2D eigenvalue weighted by Gasteiger charge is -2.42. The Balaban J connectivity index is 1.95. The molecule has 3 nitrogen and oxygen atoms in total. The van der Waals surface area contributed by atoms with E-state index in [1.807, 2.05) is 11.8 Å². The van der Waals surface area contributed by atoms with Crippen LogP contribution in [0.25, 0.3) is 0 Å². The minimum Gasteiger partial charge on any atom is -0.340 e. The number of hydrogen-bond donors (Lipinski definition) is 0. The fourth-order valence-electron chi connectivity index (χ4n) is 3.43. The van der Waals surface area contributed by atoms with Crippen molar-refractivity contribution in [2.24, 2.45) is 5.92 Å². The fourth-order valence-corrected chi connectivity index (χ4v) is 3.43. The highest BCUT2D eigenvalue weighted by Crippen LogP contribution is 2.22. The standard InChI is InChI=1S/C21H34N2O/c1-16(2)15-18-7-9-19(10-8-18)17(3)20(24)22-11-13-23(14-12-22)21(4,5)6/h7-10,16-17H,11-15H2,1-6H3. The molecule has 1 amide bonds. The van der Waals surface area contributed by atoms with E-state index in [0.717, 1.165) is 38.2 Å². The molecule has 24 heavy (non-hydrogen) atoms. The van der Waals surface area contributed by atoms with Crippen LogP contribution in [-0.4, -0.2) is 47.4 Å². The molecule has 0 aromatic heterocycles. The van der Waals surface area contributed by atoms with Crippen LogP contribution in [0.2, 0.25) is 0 Å². The number of carbonyl (C=O) groups is 1. The summed E-state index contributed by atoms with van der Waals surface area (Å²) in [7, 11) is 0. The number of piperazine rings is 1. The lowest BCUT2D eigenvalue weighted by molar-refractivity contribution is -0.135. The van der Waals surface area contributed by atoms with Gasteiger partial charge in [-0.25, -0.2) is 0 Å². The molecule has 1 aliphatic heterocycles. The van der Waals surface area contributed by atoms with Gasteiger partial charge in [0.25, 0.3) is 0 Å². The first-order valence-electron chi connectivity index (χ1n) is 9.31. The quantitative estimate of drug-likeness (QED) is 0.835. The van der Waals surface area contributed by atoms with Gasteiger partial charge in [-0.05, 0) is 51.2 Å². The highest BCUT2D eigenvalue weighted by molar-refractivity contribution is 5.83. The van der Waals surface area contributed by atoms with Crippen molar-refractivity contribution < 1.29 is 4.79 Å². The van der Waals surface area contributed by atoms with Crippen molar-refractivity contribution in [3.8, 4) is 0 Å². The molecule has 2 rings (SSSR count). The summed E-state index contributed by atoms with van der Waals surface area (Å²) >= 11 is 0. The Morgan fingerprint density at radius 2 is 1.54 bits per heavy atom. The normalized spacial score (nSPS) is 18.0. The van der Waals surface area contributed by atoms with Crippen LogP contribution in [0, 0.1) is 5.92 Å². The van der Waals surface area contributed by atoms with E-state index in [0.29, 0.717) is 5.92 Å². The molecule has 0 saturated carbocycles. The van der Waals surface area contributed by atoms with Crippen LogP contribution >= 0.6 is 0 Å². The molecule has 1 unspecified atom stereocenters. The molecule has 134 valence electrons. The van der Waals surface area contributed by atoms with Gasteiger partial charge in [0.15, 0.2) is 0 Å². The summed E-state index contributed by atoms with van der Waals surface area (Å²) in [4.78, 5) is 17.3. The Morgan fingerprint density at radius 3 is 2.00 bits per heavy atom. The Labute approximate surface area is 148 Å². The molecule has 0 spiro atoms. The van der Waals surface area contributed by atoms with Crippen molar-refractivity contribution in [3.05, 3.63) is 35.4 Å². The first kappa shape index (κ1) is 19.0. The smallest absolute Gasteiger partial charge is 0.229 e. The van der Waals surface area contributed by atoms with Crippen molar-refractivity contribution in [1.29, 1.82) is 0 Å². The molecule has 0 bridgehead atoms. The third kappa shape index (κ3) is 4.83. The van der Waals surface area contributed by atoms with E-state index < -0.39 is 0 Å². The van der Waals surface area contributed by atoms with Crippen LogP contribution in [0.5, 0.6) is 0 Å². The summed E-state index contributed by atoms with van der Waals surface area (Å²) < 4.78 is 0. The SMILES string of the molecule is CC(C)Cc1ccc(C(C)C(=O)N2CCN(C(C)(C)C)CC2)cc1. The van der Waals surface area contributed by atoms with Crippen molar-refractivity contribution in [2.75, 3.05) is 26.2 Å². The number of nitrogens with zero attached hydrogens (tertiary/aromatic N) is 2. The van der Waals surface area contributed by atoms with Gasteiger partial charge in [-0.1, -0.05) is 38.1 Å². The molecule has 0 aliphatic carbocycles.